The first-order valence-corrected chi connectivity index (χ1v) is 6.44. The lowest BCUT2D eigenvalue weighted by Crippen LogP contribution is -2.43. The number of rotatable bonds is 6. The lowest BCUT2D eigenvalue weighted by molar-refractivity contribution is -0.139. The molecule has 1 aliphatic rings. The lowest BCUT2D eigenvalue weighted by atomic mass is 9.92. The second-order valence-corrected chi connectivity index (χ2v) is 4.58. The molecule has 1 fully saturated rings. The molecule has 2 atom stereocenters. The fourth-order valence-corrected chi connectivity index (χ4v) is 2.30. The molecule has 0 saturated heterocycles. The third-order valence-corrected chi connectivity index (χ3v) is 3.11. The van der Waals surface area contributed by atoms with E-state index in [2.05, 4.69) is 5.32 Å². The molecule has 0 heterocycles. The Morgan fingerprint density at radius 1 is 1.24 bits per heavy atom. The molecule has 17 heavy (non-hydrogen) atoms. The first-order valence-electron chi connectivity index (χ1n) is 6.44. The highest BCUT2D eigenvalue weighted by Crippen LogP contribution is 2.24. The van der Waals surface area contributed by atoms with Gasteiger partial charge in [0.05, 0.1) is 6.10 Å². The molecule has 2 nitrogen and oxygen atoms in total. The molecule has 102 valence electrons. The van der Waals surface area contributed by atoms with Crippen molar-refractivity contribution < 1.29 is 17.9 Å². The van der Waals surface area contributed by atoms with Crippen molar-refractivity contribution in [2.75, 3.05) is 13.2 Å². The van der Waals surface area contributed by atoms with E-state index in [4.69, 9.17) is 4.74 Å². The van der Waals surface area contributed by atoms with E-state index in [1.54, 1.807) is 0 Å². The highest BCUT2D eigenvalue weighted by molar-refractivity contribution is 4.81. The van der Waals surface area contributed by atoms with Crippen LogP contribution in [0.15, 0.2) is 0 Å². The molecule has 0 aromatic heterocycles. The van der Waals surface area contributed by atoms with Crippen LogP contribution in [0.3, 0.4) is 0 Å². The molecule has 0 aromatic carbocycles. The van der Waals surface area contributed by atoms with E-state index in [1.165, 1.54) is 6.42 Å². The van der Waals surface area contributed by atoms with Crippen molar-refractivity contribution in [3.05, 3.63) is 0 Å². The van der Waals surface area contributed by atoms with Crippen LogP contribution < -0.4 is 5.32 Å². The summed E-state index contributed by atoms with van der Waals surface area (Å²) in [5.41, 5.74) is 0. The van der Waals surface area contributed by atoms with E-state index in [9.17, 15) is 13.2 Å². The summed E-state index contributed by atoms with van der Waals surface area (Å²) in [6.07, 6.45) is -0.314. The third-order valence-electron chi connectivity index (χ3n) is 3.11. The Balaban J connectivity index is 2.19. The van der Waals surface area contributed by atoms with Crippen LogP contribution in [0.2, 0.25) is 0 Å². The quantitative estimate of drug-likeness (QED) is 0.734. The molecule has 5 heteroatoms. The predicted molar refractivity (Wildman–Crippen MR) is 61.0 cm³/mol. The summed E-state index contributed by atoms with van der Waals surface area (Å²) in [5, 5.41) is 3.34. The number of hydrogen-bond acceptors (Lipinski definition) is 2. The first kappa shape index (κ1) is 14.8. The minimum Gasteiger partial charge on any atom is -0.377 e. The molecule has 0 radical (unpaired) electrons. The number of halogens is 3. The van der Waals surface area contributed by atoms with Crippen LogP contribution in [0.25, 0.3) is 0 Å². The Kier molecular flexibility index (Phi) is 6.27. The number of alkyl halides is 3. The van der Waals surface area contributed by atoms with Crippen molar-refractivity contribution in [2.24, 2.45) is 0 Å². The smallest absolute Gasteiger partial charge is 0.377 e. The summed E-state index contributed by atoms with van der Waals surface area (Å²) in [6.45, 7) is 3.13. The Morgan fingerprint density at radius 2 is 1.94 bits per heavy atom. The van der Waals surface area contributed by atoms with Crippen molar-refractivity contribution in [2.45, 2.75) is 63.8 Å². The average molecular weight is 253 g/mol. The van der Waals surface area contributed by atoms with Crippen LogP contribution in [0, 0.1) is 0 Å². The van der Waals surface area contributed by atoms with E-state index in [0.717, 1.165) is 25.8 Å². The Labute approximate surface area is 101 Å². The van der Waals surface area contributed by atoms with Gasteiger partial charge in [0.25, 0.3) is 0 Å². The summed E-state index contributed by atoms with van der Waals surface area (Å²) in [4.78, 5) is 0. The van der Waals surface area contributed by atoms with Gasteiger partial charge in [-0.3, -0.25) is 0 Å². The third kappa shape index (κ3) is 6.27. The molecule has 1 aliphatic carbocycles. The highest BCUT2D eigenvalue weighted by Gasteiger charge is 2.28. The van der Waals surface area contributed by atoms with Crippen LogP contribution in [0.5, 0.6) is 0 Å². The molecule has 0 spiro atoms. The van der Waals surface area contributed by atoms with Crippen LogP contribution >= 0.6 is 0 Å². The van der Waals surface area contributed by atoms with E-state index in [-0.39, 0.29) is 19.1 Å². The Hall–Kier alpha value is -0.290. The monoisotopic (exact) mass is 253 g/mol. The lowest BCUT2D eigenvalue weighted by Gasteiger charge is -2.32. The minimum absolute atomic E-state index is 0.0683. The van der Waals surface area contributed by atoms with Crippen LogP contribution in [0.1, 0.15) is 45.4 Å². The van der Waals surface area contributed by atoms with E-state index in [0.29, 0.717) is 6.04 Å². The summed E-state index contributed by atoms with van der Waals surface area (Å²) >= 11 is 0. The normalized spacial score (nSPS) is 26.1. The van der Waals surface area contributed by atoms with E-state index < -0.39 is 12.6 Å². The van der Waals surface area contributed by atoms with Gasteiger partial charge in [0.15, 0.2) is 0 Å². The predicted octanol–water partition coefficient (Wildman–Crippen LogP) is 3.27. The zero-order chi connectivity index (χ0) is 12.7. The molecule has 0 aliphatic heterocycles. The SMILES string of the molecule is CCNC1CCCCC1OCCCC(F)(F)F. The maximum Gasteiger partial charge on any atom is 0.389 e. The van der Waals surface area contributed by atoms with Gasteiger partial charge in [0.2, 0.25) is 0 Å². The zero-order valence-electron chi connectivity index (χ0n) is 10.4. The van der Waals surface area contributed by atoms with Gasteiger partial charge in [-0.25, -0.2) is 0 Å². The standard InChI is InChI=1S/C12H22F3NO/c1-2-16-10-6-3-4-7-11(10)17-9-5-8-12(13,14)15/h10-11,16H,2-9H2,1H3. The molecule has 1 N–H and O–H groups in total. The van der Waals surface area contributed by atoms with Crippen molar-refractivity contribution in [3.63, 3.8) is 0 Å². The van der Waals surface area contributed by atoms with Crippen molar-refractivity contribution in [1.29, 1.82) is 0 Å². The molecule has 0 bridgehead atoms. The van der Waals surface area contributed by atoms with E-state index >= 15 is 0 Å². The molecule has 1 saturated carbocycles. The van der Waals surface area contributed by atoms with Gasteiger partial charge in [0.1, 0.15) is 0 Å². The van der Waals surface area contributed by atoms with Crippen molar-refractivity contribution in [3.8, 4) is 0 Å². The number of likely N-dealkylation sites (N-methyl/N-ethyl adjacent to an activating group) is 1. The van der Waals surface area contributed by atoms with Crippen molar-refractivity contribution in [1.82, 2.24) is 5.32 Å². The molecule has 0 aromatic rings. The highest BCUT2D eigenvalue weighted by atomic mass is 19.4. The van der Waals surface area contributed by atoms with Gasteiger partial charge >= 0.3 is 6.18 Å². The molecule has 2 unspecified atom stereocenters. The Bertz CT molecular complexity index is 206. The van der Waals surface area contributed by atoms with Crippen LogP contribution in [0.4, 0.5) is 13.2 Å². The zero-order valence-corrected chi connectivity index (χ0v) is 10.4. The maximum absolute atomic E-state index is 12.0. The summed E-state index contributed by atoms with van der Waals surface area (Å²) in [5.74, 6) is 0. The van der Waals surface area contributed by atoms with Gasteiger partial charge in [0, 0.05) is 19.1 Å². The first-order chi connectivity index (χ1) is 8.03. The van der Waals surface area contributed by atoms with Crippen LogP contribution in [-0.4, -0.2) is 31.5 Å². The number of ether oxygens (including phenoxy) is 1. The summed E-state index contributed by atoms with van der Waals surface area (Å²) < 4.78 is 41.4. The van der Waals surface area contributed by atoms with Gasteiger partial charge in [-0.1, -0.05) is 19.8 Å². The minimum atomic E-state index is -4.06. The Morgan fingerprint density at radius 3 is 2.59 bits per heavy atom. The van der Waals surface area contributed by atoms with Gasteiger partial charge in [-0.2, -0.15) is 13.2 Å². The summed E-state index contributed by atoms with van der Waals surface area (Å²) in [6, 6.07) is 0.319. The van der Waals surface area contributed by atoms with Crippen LogP contribution in [-0.2, 0) is 4.74 Å². The van der Waals surface area contributed by atoms with Crippen molar-refractivity contribution >= 4 is 0 Å². The topological polar surface area (TPSA) is 21.3 Å². The fourth-order valence-electron chi connectivity index (χ4n) is 2.30. The molecule has 1 rings (SSSR count). The average Bonchev–Trinajstić information content (AvgIpc) is 2.25. The number of nitrogens with one attached hydrogen (secondary N) is 1. The summed E-state index contributed by atoms with van der Waals surface area (Å²) in [7, 11) is 0. The largest absolute Gasteiger partial charge is 0.389 e. The number of hydrogen-bond donors (Lipinski definition) is 1. The van der Waals surface area contributed by atoms with Gasteiger partial charge in [-0.05, 0) is 25.8 Å². The van der Waals surface area contributed by atoms with Gasteiger partial charge < -0.3 is 10.1 Å². The van der Waals surface area contributed by atoms with E-state index in [1.807, 2.05) is 6.92 Å². The molecule has 0 amide bonds. The second kappa shape index (κ2) is 7.21. The maximum atomic E-state index is 12.0. The fraction of sp³-hybridized carbons (Fsp3) is 1.00. The molecular weight excluding hydrogens is 231 g/mol. The molecular formula is C12H22F3NO. The van der Waals surface area contributed by atoms with Gasteiger partial charge in [-0.15, -0.1) is 0 Å². The second-order valence-electron chi connectivity index (χ2n) is 4.58.